The molecule has 0 saturated heterocycles. The van der Waals surface area contributed by atoms with E-state index >= 15 is 0 Å². The van der Waals surface area contributed by atoms with Crippen LogP contribution in [0.4, 0.5) is 5.69 Å². The highest BCUT2D eigenvalue weighted by atomic mass is 35.5. The molecule has 0 atom stereocenters. The number of hydrogen-bond acceptors (Lipinski definition) is 9. The molecule has 0 unspecified atom stereocenters. The summed E-state index contributed by atoms with van der Waals surface area (Å²) in [6.45, 7) is 3.33. The topological polar surface area (TPSA) is 196 Å². The lowest BCUT2D eigenvalue weighted by Gasteiger charge is -2.25. The maximum atomic E-state index is 13.8. The molecule has 5 N–H and O–H groups in total. The van der Waals surface area contributed by atoms with Crippen LogP contribution in [-0.2, 0) is 11.3 Å². The number of halogens is 2. The maximum absolute atomic E-state index is 13.8. The fraction of sp³-hybridized carbons (Fsp3) is 0.0851. The number of nitrogens with one attached hydrogen (secondary N) is 2. The number of ether oxygens (including phenoxy) is 1. The highest BCUT2D eigenvalue weighted by molar-refractivity contribution is 6.40. The van der Waals surface area contributed by atoms with Crippen molar-refractivity contribution in [1.82, 2.24) is 10.6 Å². The lowest BCUT2D eigenvalue weighted by molar-refractivity contribution is -0.120. The van der Waals surface area contributed by atoms with Crippen LogP contribution in [0.1, 0.15) is 47.8 Å². The fourth-order valence-corrected chi connectivity index (χ4v) is 8.08. The molecule has 62 heavy (non-hydrogen) atoms. The van der Waals surface area contributed by atoms with Gasteiger partial charge in [-0.25, -0.2) is 9.59 Å². The Hall–Kier alpha value is -7.61. The summed E-state index contributed by atoms with van der Waals surface area (Å²) in [5, 5.41) is 37.2. The molecule has 5 aromatic carbocycles. The van der Waals surface area contributed by atoms with Gasteiger partial charge in [-0.05, 0) is 70.9 Å². The number of aromatic carboxylic acids is 2. The van der Waals surface area contributed by atoms with Crippen molar-refractivity contribution >= 4 is 75.8 Å². The number of phenols is 1. The van der Waals surface area contributed by atoms with Crippen molar-refractivity contribution in [2.75, 3.05) is 25.5 Å². The zero-order valence-corrected chi connectivity index (χ0v) is 34.3. The quantitative estimate of drug-likeness (QED) is 0.0903. The summed E-state index contributed by atoms with van der Waals surface area (Å²) in [6.07, 6.45) is 0. The molecule has 0 radical (unpaired) electrons. The predicted molar refractivity (Wildman–Crippen MR) is 234 cm³/mol. The smallest absolute Gasteiger partial charge is 0.337 e. The number of amides is 2. The molecule has 2 heterocycles. The third-order valence-corrected chi connectivity index (χ3v) is 11.1. The number of carbonyl (C=O) groups is 4. The Morgan fingerprint density at radius 3 is 2.26 bits per heavy atom. The monoisotopic (exact) mass is 869 g/mol. The van der Waals surface area contributed by atoms with E-state index in [2.05, 4.69) is 17.2 Å². The Morgan fingerprint density at radius 2 is 1.52 bits per heavy atom. The number of nitrogens with zero attached hydrogens (tertiary/aromatic N) is 1. The molecular formula is C47H33Cl2N3O10. The SMILES string of the molecule is C=c1ccc2c(c1)Oc1cc(N(C)C)ccc1C=2c1c(Cl)c(C(=O)NCC(=O)NCc2ccc(-c3c4ccc(=O)cc-4oc4cc(O)ccc34)c(C(=O)O)c2)cc(Cl)c1C(=O)O. The van der Waals surface area contributed by atoms with Crippen LogP contribution in [0.25, 0.3) is 45.6 Å². The molecule has 8 rings (SSSR count). The van der Waals surface area contributed by atoms with Crippen molar-refractivity contribution in [3.05, 3.63) is 161 Å². The summed E-state index contributed by atoms with van der Waals surface area (Å²) in [5.74, 6) is -3.21. The van der Waals surface area contributed by atoms with Crippen molar-refractivity contribution < 1.29 is 43.7 Å². The summed E-state index contributed by atoms with van der Waals surface area (Å²) in [5.41, 5.74) is 2.55. The van der Waals surface area contributed by atoms with Crippen LogP contribution in [0.15, 0.2) is 106 Å². The minimum absolute atomic E-state index is 0.0293. The van der Waals surface area contributed by atoms with Gasteiger partial charge in [-0.1, -0.05) is 54.0 Å². The zero-order valence-electron chi connectivity index (χ0n) is 32.8. The Bertz CT molecular complexity index is 3230. The molecule has 2 amide bonds. The first-order valence-corrected chi connectivity index (χ1v) is 19.5. The molecule has 2 aliphatic heterocycles. The van der Waals surface area contributed by atoms with Crippen LogP contribution < -0.4 is 36.1 Å². The fourth-order valence-electron chi connectivity index (χ4n) is 7.47. The summed E-state index contributed by atoms with van der Waals surface area (Å²) in [4.78, 5) is 66.4. The number of phenolic OH excluding ortho intramolecular Hbond substituents is 1. The van der Waals surface area contributed by atoms with E-state index in [9.17, 15) is 39.3 Å². The van der Waals surface area contributed by atoms with E-state index in [-0.39, 0.29) is 61.4 Å². The number of benzene rings is 6. The highest BCUT2D eigenvalue weighted by Gasteiger charge is 2.31. The molecule has 0 saturated carbocycles. The van der Waals surface area contributed by atoms with Gasteiger partial charge in [0.1, 0.15) is 28.6 Å². The highest BCUT2D eigenvalue weighted by Crippen LogP contribution is 2.45. The van der Waals surface area contributed by atoms with Crippen LogP contribution in [-0.4, -0.2) is 59.7 Å². The maximum Gasteiger partial charge on any atom is 0.337 e. The number of carboxylic acid groups (broad SMARTS) is 2. The van der Waals surface area contributed by atoms with Gasteiger partial charge < -0.3 is 40.0 Å². The van der Waals surface area contributed by atoms with Gasteiger partial charge in [-0.15, -0.1) is 0 Å². The molecular weight excluding hydrogens is 837 g/mol. The number of aromatic hydroxyl groups is 1. The number of carboxylic acids is 2. The number of carbonyl (C=O) groups excluding carboxylic acids is 2. The van der Waals surface area contributed by atoms with E-state index in [0.29, 0.717) is 60.7 Å². The molecule has 310 valence electrons. The minimum atomic E-state index is -1.39. The van der Waals surface area contributed by atoms with Crippen molar-refractivity contribution in [1.29, 1.82) is 0 Å². The van der Waals surface area contributed by atoms with E-state index in [0.717, 1.165) is 11.8 Å². The van der Waals surface area contributed by atoms with Gasteiger partial charge in [0.15, 0.2) is 5.43 Å². The molecule has 3 aliphatic rings. The lowest BCUT2D eigenvalue weighted by Crippen LogP contribution is -2.37. The van der Waals surface area contributed by atoms with Gasteiger partial charge >= 0.3 is 11.9 Å². The molecule has 0 fully saturated rings. The number of fused-ring (bicyclic) bond motifs is 4. The number of hydrogen-bond donors (Lipinski definition) is 5. The second kappa shape index (κ2) is 16.1. The van der Waals surface area contributed by atoms with Gasteiger partial charge in [-0.3, -0.25) is 14.4 Å². The van der Waals surface area contributed by atoms with Gasteiger partial charge in [0.05, 0.1) is 33.3 Å². The van der Waals surface area contributed by atoms with Crippen molar-refractivity contribution in [3.63, 3.8) is 0 Å². The average Bonchev–Trinajstić information content (AvgIpc) is 3.23. The Labute approximate surface area is 361 Å². The van der Waals surface area contributed by atoms with Crippen molar-refractivity contribution in [3.8, 4) is 39.7 Å². The van der Waals surface area contributed by atoms with E-state index in [1.165, 1.54) is 30.3 Å². The van der Waals surface area contributed by atoms with Crippen LogP contribution >= 0.6 is 23.2 Å². The van der Waals surface area contributed by atoms with E-state index in [1.807, 2.05) is 25.1 Å². The summed E-state index contributed by atoms with van der Waals surface area (Å²) < 4.78 is 12.2. The molecule has 5 aromatic rings. The third-order valence-electron chi connectivity index (χ3n) is 10.4. The minimum Gasteiger partial charge on any atom is -0.508 e. The molecule has 13 nitrogen and oxygen atoms in total. The first kappa shape index (κ1) is 41.1. The van der Waals surface area contributed by atoms with Gasteiger partial charge in [0, 0.05) is 83.0 Å². The molecule has 1 aliphatic carbocycles. The van der Waals surface area contributed by atoms with Gasteiger partial charge in [0.2, 0.25) is 5.91 Å². The average molecular weight is 871 g/mol. The first-order chi connectivity index (χ1) is 29.6. The van der Waals surface area contributed by atoms with Crippen molar-refractivity contribution in [2.45, 2.75) is 6.54 Å². The van der Waals surface area contributed by atoms with Crippen molar-refractivity contribution in [2.24, 2.45) is 0 Å². The Balaban J connectivity index is 1.07. The molecule has 15 heteroatoms. The van der Waals surface area contributed by atoms with Gasteiger partial charge in [0.25, 0.3) is 5.91 Å². The second-order valence-corrected chi connectivity index (χ2v) is 15.4. The third kappa shape index (κ3) is 7.55. The van der Waals surface area contributed by atoms with E-state index in [1.54, 1.807) is 54.6 Å². The summed E-state index contributed by atoms with van der Waals surface area (Å²) in [7, 11) is 3.72. The summed E-state index contributed by atoms with van der Waals surface area (Å²) >= 11 is 13.6. The van der Waals surface area contributed by atoms with Gasteiger partial charge in [-0.2, -0.15) is 0 Å². The van der Waals surface area contributed by atoms with E-state index < -0.39 is 30.3 Å². The number of rotatable bonds is 10. The Morgan fingerprint density at radius 1 is 0.758 bits per heavy atom. The van der Waals surface area contributed by atoms with Crippen LogP contribution in [0.2, 0.25) is 10.0 Å². The summed E-state index contributed by atoms with van der Waals surface area (Å²) in [6, 6.07) is 24.8. The normalized spacial score (nSPS) is 11.7. The standard InChI is InChI=1S/C47H33Cl2N3O10/c1-22-4-9-30-35(14-22)61-36-16-24(52(2)3)6-11-31(36)41(30)43-42(47(59)60)34(48)19-33(44(43)49)45(56)51-21-39(55)50-20-23-5-10-27(32(15-23)46(57)58)40-28-12-7-25(53)17-37(28)62-38-18-26(54)8-13-29(38)40/h4-19,53H,1,20-21H2,2-3H3,(H,50,55)(H,51,56)(H,57,58)(H,59,60). The van der Waals surface area contributed by atoms with Crippen LogP contribution in [0.5, 0.6) is 17.2 Å². The largest absolute Gasteiger partial charge is 0.508 e. The molecule has 0 bridgehead atoms. The molecule has 0 spiro atoms. The number of anilines is 1. The molecule has 0 aromatic heterocycles. The lowest BCUT2D eigenvalue weighted by atomic mass is 9.88. The zero-order chi connectivity index (χ0) is 44.1. The van der Waals surface area contributed by atoms with Crippen LogP contribution in [0.3, 0.4) is 0 Å². The Kier molecular flexibility index (Phi) is 10.7. The van der Waals surface area contributed by atoms with E-state index in [4.69, 9.17) is 32.4 Å². The first-order valence-electron chi connectivity index (χ1n) is 18.8. The predicted octanol–water partition coefficient (Wildman–Crippen LogP) is 6.85. The second-order valence-electron chi connectivity index (χ2n) is 14.6. The van der Waals surface area contributed by atoms with Crippen LogP contribution in [0, 0.1) is 0 Å².